The number of alkyl halides is 3. The Balaban J connectivity index is 2.12. The Bertz CT molecular complexity index is 582. The first-order chi connectivity index (χ1) is 9.18. The average molecular weight is 313 g/mol. The van der Waals surface area contributed by atoms with E-state index in [1.807, 2.05) is 0 Å². The molecule has 1 aromatic heterocycles. The van der Waals surface area contributed by atoms with Gasteiger partial charge in [-0.15, -0.1) is 0 Å². The van der Waals surface area contributed by atoms with Crippen LogP contribution in [0, 0.1) is 0 Å². The minimum absolute atomic E-state index is 0.0808. The van der Waals surface area contributed by atoms with Gasteiger partial charge in [-0.25, -0.2) is 4.98 Å². The van der Waals surface area contributed by atoms with E-state index in [0.29, 0.717) is 4.31 Å². The fraction of sp³-hybridized carbons (Fsp3) is 0.500. The van der Waals surface area contributed by atoms with Crippen LogP contribution in [0.5, 0.6) is 0 Å². The lowest BCUT2D eigenvalue weighted by Gasteiger charge is -2.32. The molecule has 112 valence electrons. The van der Waals surface area contributed by atoms with E-state index in [1.54, 1.807) is 0 Å². The largest absolute Gasteiger partial charge is 0.433 e. The summed E-state index contributed by atoms with van der Waals surface area (Å²) in [5.41, 5.74) is -1.02. The molecule has 0 unspecified atom stereocenters. The van der Waals surface area contributed by atoms with Crippen molar-refractivity contribution in [3.8, 4) is 0 Å². The van der Waals surface area contributed by atoms with E-state index in [1.165, 1.54) is 17.0 Å². The Morgan fingerprint density at radius 2 is 1.70 bits per heavy atom. The highest BCUT2D eigenvalue weighted by Crippen LogP contribution is 2.29. The highest BCUT2D eigenvalue weighted by Gasteiger charge is 2.33. The number of hydrogen-bond donors (Lipinski definition) is 0. The number of aromatic nitrogens is 1. The molecular weight excluding hydrogens is 302 g/mol. The van der Waals surface area contributed by atoms with Crippen LogP contribution in [-0.2, 0) is 16.6 Å². The first-order valence-corrected chi connectivity index (χ1v) is 7.01. The maximum atomic E-state index is 12.7. The average Bonchev–Trinajstić information content (AvgIpc) is 2.37. The van der Waals surface area contributed by atoms with Crippen molar-refractivity contribution in [3.05, 3.63) is 23.9 Å². The summed E-state index contributed by atoms with van der Waals surface area (Å²) in [7, 11) is -4.76. The summed E-state index contributed by atoms with van der Waals surface area (Å²) < 4.78 is 72.4. The molecule has 10 heteroatoms. The van der Waals surface area contributed by atoms with E-state index in [0.717, 1.165) is 6.07 Å². The fourth-order valence-electron chi connectivity index (χ4n) is 1.89. The number of pyridine rings is 1. The molecule has 2 rings (SSSR count). The van der Waals surface area contributed by atoms with Gasteiger partial charge in [-0.05, 0) is 12.1 Å². The Morgan fingerprint density at radius 1 is 1.10 bits per heavy atom. The molecule has 0 aromatic carbocycles. The minimum Gasteiger partial charge on any atom is -0.354 e. The summed E-state index contributed by atoms with van der Waals surface area (Å²) in [6.07, 6.45) is -4.54. The molecule has 0 N–H and O–H groups in total. The minimum atomic E-state index is -4.76. The summed E-state index contributed by atoms with van der Waals surface area (Å²) in [6, 6.07) is 3.48. The molecule has 20 heavy (non-hydrogen) atoms. The van der Waals surface area contributed by atoms with Gasteiger partial charge in [0, 0.05) is 26.2 Å². The van der Waals surface area contributed by atoms with Gasteiger partial charge in [0.1, 0.15) is 11.5 Å². The van der Waals surface area contributed by atoms with Gasteiger partial charge in [0.05, 0.1) is 0 Å². The van der Waals surface area contributed by atoms with Gasteiger partial charge in [0.15, 0.2) is 0 Å². The van der Waals surface area contributed by atoms with E-state index < -0.39 is 22.3 Å². The highest BCUT2D eigenvalue weighted by atomic mass is 32.3. The number of nitrogens with zero attached hydrogens (tertiary/aromatic N) is 3. The predicted molar refractivity (Wildman–Crippen MR) is 63.1 cm³/mol. The zero-order valence-electron chi connectivity index (χ0n) is 10.1. The molecule has 1 saturated heterocycles. The Hall–Kier alpha value is -1.42. The number of piperazine rings is 1. The second-order valence-electron chi connectivity index (χ2n) is 4.21. The van der Waals surface area contributed by atoms with Crippen LogP contribution in [0.3, 0.4) is 0 Å². The van der Waals surface area contributed by atoms with Gasteiger partial charge in [0.25, 0.3) is 0 Å². The van der Waals surface area contributed by atoms with E-state index >= 15 is 0 Å². The van der Waals surface area contributed by atoms with Crippen molar-refractivity contribution in [2.75, 3.05) is 31.1 Å². The lowest BCUT2D eigenvalue weighted by Crippen LogP contribution is -2.48. The third kappa shape index (κ3) is 3.37. The summed E-state index contributed by atoms with van der Waals surface area (Å²) in [6.45, 7) is -0.0948. The third-order valence-electron chi connectivity index (χ3n) is 2.90. The van der Waals surface area contributed by atoms with Crippen molar-refractivity contribution in [1.82, 2.24) is 9.29 Å². The first kappa shape index (κ1) is 15.0. The molecule has 1 aromatic rings. The van der Waals surface area contributed by atoms with E-state index in [-0.39, 0.29) is 32.0 Å². The Morgan fingerprint density at radius 3 is 2.20 bits per heavy atom. The van der Waals surface area contributed by atoms with Crippen LogP contribution in [0.15, 0.2) is 18.2 Å². The van der Waals surface area contributed by atoms with Gasteiger partial charge in [-0.2, -0.15) is 25.9 Å². The topological polar surface area (TPSA) is 53.5 Å². The summed E-state index contributed by atoms with van der Waals surface area (Å²) >= 11 is 0. The standard InChI is InChI=1S/C10H11F4N3O2S/c11-10(12,13)8-2-1-3-9(15-8)16-4-6-17(7-5-16)20(14,18)19/h1-3H,4-7H2. The summed E-state index contributed by atoms with van der Waals surface area (Å²) in [5, 5.41) is 0. The van der Waals surface area contributed by atoms with Crippen LogP contribution in [0.4, 0.5) is 22.9 Å². The molecular formula is C10H11F4N3O2S. The molecule has 5 nitrogen and oxygen atoms in total. The van der Waals surface area contributed by atoms with Crippen LogP contribution >= 0.6 is 0 Å². The zero-order chi connectivity index (χ0) is 15.0. The lowest BCUT2D eigenvalue weighted by atomic mass is 10.3. The van der Waals surface area contributed by atoms with Gasteiger partial charge in [-0.3, -0.25) is 0 Å². The Kier molecular flexibility index (Phi) is 3.87. The van der Waals surface area contributed by atoms with Crippen molar-refractivity contribution in [3.63, 3.8) is 0 Å². The molecule has 1 aliphatic rings. The van der Waals surface area contributed by atoms with Gasteiger partial charge >= 0.3 is 16.6 Å². The molecule has 1 aliphatic heterocycles. The molecule has 0 spiro atoms. The summed E-state index contributed by atoms with van der Waals surface area (Å²) in [4.78, 5) is 4.98. The first-order valence-electron chi connectivity index (χ1n) is 5.67. The fourth-order valence-corrected chi connectivity index (χ4v) is 2.49. The van der Waals surface area contributed by atoms with Crippen molar-refractivity contribution < 1.29 is 25.5 Å². The molecule has 2 heterocycles. The van der Waals surface area contributed by atoms with Crippen molar-refractivity contribution in [2.45, 2.75) is 6.18 Å². The Labute approximate surface area is 113 Å². The van der Waals surface area contributed by atoms with Gasteiger partial charge in [-0.1, -0.05) is 9.95 Å². The number of hydrogen-bond acceptors (Lipinski definition) is 4. The molecule has 1 fully saturated rings. The van der Waals surface area contributed by atoms with E-state index in [2.05, 4.69) is 4.98 Å². The highest BCUT2D eigenvalue weighted by molar-refractivity contribution is 7.83. The van der Waals surface area contributed by atoms with E-state index in [9.17, 15) is 25.5 Å². The van der Waals surface area contributed by atoms with Gasteiger partial charge in [0.2, 0.25) is 0 Å². The molecule has 0 amide bonds. The smallest absolute Gasteiger partial charge is 0.354 e. The van der Waals surface area contributed by atoms with Crippen molar-refractivity contribution >= 4 is 16.2 Å². The molecule has 0 atom stereocenters. The maximum absolute atomic E-state index is 12.7. The quantitative estimate of drug-likeness (QED) is 0.612. The molecule has 0 saturated carbocycles. The number of halogens is 4. The molecule has 0 bridgehead atoms. The lowest BCUT2D eigenvalue weighted by molar-refractivity contribution is -0.141. The third-order valence-corrected chi connectivity index (χ3v) is 3.88. The van der Waals surface area contributed by atoms with Crippen LogP contribution in [0.1, 0.15) is 5.69 Å². The maximum Gasteiger partial charge on any atom is 0.433 e. The second-order valence-corrected chi connectivity index (χ2v) is 5.55. The molecule has 0 aliphatic carbocycles. The molecule has 0 radical (unpaired) electrons. The van der Waals surface area contributed by atoms with Crippen LogP contribution in [-0.4, -0.2) is 43.9 Å². The van der Waals surface area contributed by atoms with Gasteiger partial charge < -0.3 is 4.90 Å². The van der Waals surface area contributed by atoms with Crippen molar-refractivity contribution in [2.24, 2.45) is 0 Å². The van der Waals surface area contributed by atoms with E-state index in [4.69, 9.17) is 0 Å². The zero-order valence-corrected chi connectivity index (χ0v) is 11.0. The van der Waals surface area contributed by atoms with Crippen LogP contribution < -0.4 is 4.90 Å². The number of rotatable bonds is 2. The normalized spacial score (nSPS) is 18.3. The number of anilines is 1. The second kappa shape index (κ2) is 5.17. The van der Waals surface area contributed by atoms with Crippen molar-refractivity contribution in [1.29, 1.82) is 0 Å². The van der Waals surface area contributed by atoms with Crippen LogP contribution in [0.2, 0.25) is 0 Å². The SMILES string of the molecule is O=S(=O)(F)N1CCN(c2cccc(C(F)(F)F)n2)CC1. The van der Waals surface area contributed by atoms with Crippen LogP contribution in [0.25, 0.3) is 0 Å². The monoisotopic (exact) mass is 313 g/mol. The summed E-state index contributed by atoms with van der Waals surface area (Å²) in [5.74, 6) is 0.0933. The predicted octanol–water partition coefficient (Wildman–Crippen LogP) is 1.44.